The molecule has 1 fully saturated rings. The quantitative estimate of drug-likeness (QED) is 0.712. The molecule has 1 aliphatic carbocycles. The molecule has 2 heterocycles. The van der Waals surface area contributed by atoms with Gasteiger partial charge in [-0.3, -0.25) is 9.69 Å². The molecule has 136 valence electrons. The summed E-state index contributed by atoms with van der Waals surface area (Å²) in [5, 5.41) is 0. The average Bonchev–Trinajstić information content (AvgIpc) is 2.62. The van der Waals surface area contributed by atoms with Gasteiger partial charge in [0.05, 0.1) is 12.6 Å². The molecule has 0 spiro atoms. The molecule has 0 aromatic carbocycles. The van der Waals surface area contributed by atoms with E-state index >= 15 is 0 Å². The Balaban J connectivity index is 1.80. The molecule has 0 saturated carbocycles. The van der Waals surface area contributed by atoms with Crippen LogP contribution in [0.3, 0.4) is 0 Å². The fourth-order valence-corrected chi connectivity index (χ4v) is 3.82. The lowest BCUT2D eigenvalue weighted by Gasteiger charge is -2.44. The Kier molecular flexibility index (Phi) is 5.63. The summed E-state index contributed by atoms with van der Waals surface area (Å²) in [6.45, 7) is 5.97. The van der Waals surface area contributed by atoms with Crippen molar-refractivity contribution in [1.29, 1.82) is 0 Å². The first-order valence-electron chi connectivity index (χ1n) is 8.98. The van der Waals surface area contributed by atoms with Gasteiger partial charge >= 0.3 is 5.97 Å². The molecule has 0 radical (unpaired) electrons. The number of hydrogen-bond acceptors (Lipinski definition) is 5. The van der Waals surface area contributed by atoms with Gasteiger partial charge in [0.2, 0.25) is 0 Å². The van der Waals surface area contributed by atoms with Crippen molar-refractivity contribution in [3.8, 4) is 0 Å². The van der Waals surface area contributed by atoms with E-state index in [1.54, 1.807) is 12.5 Å². The number of likely N-dealkylation sites (tertiary alicyclic amines) is 1. The maximum atomic E-state index is 11.2. The van der Waals surface area contributed by atoms with Crippen LogP contribution in [0.1, 0.15) is 39.5 Å². The zero-order chi connectivity index (χ0) is 17.7. The topological polar surface area (TPSA) is 48.0 Å². The first kappa shape index (κ1) is 17.8. The maximum Gasteiger partial charge on any atom is 0.302 e. The van der Waals surface area contributed by atoms with Crippen LogP contribution in [0.15, 0.2) is 48.3 Å². The number of carbonyl (C=O) groups is 1. The van der Waals surface area contributed by atoms with E-state index in [0.29, 0.717) is 6.61 Å². The van der Waals surface area contributed by atoms with Crippen LogP contribution in [0.2, 0.25) is 0 Å². The summed E-state index contributed by atoms with van der Waals surface area (Å²) in [6, 6.07) is 0.0619. The molecular formula is C20H27NO4. The molecule has 2 unspecified atom stereocenters. The predicted octanol–water partition coefficient (Wildman–Crippen LogP) is 3.66. The first-order valence-corrected chi connectivity index (χ1v) is 8.98. The summed E-state index contributed by atoms with van der Waals surface area (Å²) >= 11 is 0. The molecule has 3 aliphatic rings. The zero-order valence-electron chi connectivity index (χ0n) is 15.1. The second-order valence-electron chi connectivity index (χ2n) is 7.32. The van der Waals surface area contributed by atoms with E-state index in [9.17, 15) is 4.79 Å². The van der Waals surface area contributed by atoms with Gasteiger partial charge in [-0.2, -0.15) is 0 Å². The fraction of sp³-hybridized carbons (Fsp3) is 0.550. The van der Waals surface area contributed by atoms with Crippen molar-refractivity contribution < 1.29 is 19.0 Å². The molecule has 2 atom stereocenters. The molecule has 0 amide bonds. The standard InChI is InChI=1S/C20H27NO4/c1-16(22)25-15-20(2)9-6-10-21(14-20)19(17-7-4-3-5-8-17)18-13-23-11-12-24-18/h3-4,7,11-13,19H,5-6,8-10,14-15H2,1-2H3. The highest BCUT2D eigenvalue weighted by Crippen LogP contribution is 2.36. The van der Waals surface area contributed by atoms with Crippen molar-refractivity contribution in [2.45, 2.75) is 45.6 Å². The number of piperidine rings is 1. The van der Waals surface area contributed by atoms with Gasteiger partial charge in [0.1, 0.15) is 18.8 Å². The molecule has 0 aromatic heterocycles. The number of allylic oxidation sites excluding steroid dienone is 3. The Labute approximate surface area is 149 Å². The van der Waals surface area contributed by atoms with Gasteiger partial charge in [0.15, 0.2) is 5.76 Å². The van der Waals surface area contributed by atoms with Gasteiger partial charge in [-0.05, 0) is 37.8 Å². The third kappa shape index (κ3) is 4.54. The lowest BCUT2D eigenvalue weighted by atomic mass is 9.81. The van der Waals surface area contributed by atoms with Crippen molar-refractivity contribution in [2.24, 2.45) is 5.41 Å². The highest BCUT2D eigenvalue weighted by molar-refractivity contribution is 5.65. The van der Waals surface area contributed by atoms with Gasteiger partial charge < -0.3 is 14.2 Å². The van der Waals surface area contributed by atoms with E-state index in [1.165, 1.54) is 18.8 Å². The Morgan fingerprint density at radius 3 is 3.00 bits per heavy atom. The number of ether oxygens (including phenoxy) is 3. The van der Waals surface area contributed by atoms with Gasteiger partial charge in [-0.15, -0.1) is 0 Å². The number of esters is 1. The second kappa shape index (κ2) is 7.91. The first-order chi connectivity index (χ1) is 12.1. The van der Waals surface area contributed by atoms with E-state index in [0.717, 1.165) is 44.5 Å². The summed E-state index contributed by atoms with van der Waals surface area (Å²) in [5.74, 6) is 0.604. The van der Waals surface area contributed by atoms with Crippen molar-refractivity contribution >= 4 is 5.97 Å². The van der Waals surface area contributed by atoms with Crippen LogP contribution in [-0.4, -0.2) is 36.6 Å². The van der Waals surface area contributed by atoms with Crippen molar-refractivity contribution in [3.63, 3.8) is 0 Å². The van der Waals surface area contributed by atoms with Gasteiger partial charge in [0, 0.05) is 18.9 Å². The summed E-state index contributed by atoms with van der Waals surface area (Å²) in [7, 11) is 0. The molecule has 0 aromatic rings. The minimum absolute atomic E-state index is 0.0425. The van der Waals surface area contributed by atoms with Crippen LogP contribution < -0.4 is 0 Å². The molecule has 5 nitrogen and oxygen atoms in total. The Hall–Kier alpha value is -2.01. The van der Waals surface area contributed by atoms with Gasteiger partial charge in [-0.1, -0.05) is 25.2 Å². The minimum atomic E-state index is -0.216. The lowest BCUT2D eigenvalue weighted by Crippen LogP contribution is -2.50. The molecule has 0 N–H and O–H groups in total. The van der Waals surface area contributed by atoms with Crippen LogP contribution in [0.4, 0.5) is 0 Å². The SMILES string of the molecule is CC(=O)OCC1(C)CCCN(C(C2=CC=CCC2)C2=COC=CO2)C1. The molecule has 3 rings (SSSR count). The maximum absolute atomic E-state index is 11.2. The number of hydrogen-bond donors (Lipinski definition) is 0. The highest BCUT2D eigenvalue weighted by atomic mass is 16.5. The predicted molar refractivity (Wildman–Crippen MR) is 95.2 cm³/mol. The lowest BCUT2D eigenvalue weighted by molar-refractivity contribution is -0.145. The van der Waals surface area contributed by atoms with Crippen molar-refractivity contribution in [2.75, 3.05) is 19.7 Å². The van der Waals surface area contributed by atoms with Gasteiger partial charge in [0.25, 0.3) is 0 Å². The Bertz CT molecular complexity index is 619. The molecule has 5 heteroatoms. The molecule has 1 saturated heterocycles. The average molecular weight is 345 g/mol. The summed E-state index contributed by atoms with van der Waals surface area (Å²) in [6.07, 6.45) is 15.5. The molecule has 0 bridgehead atoms. The third-order valence-electron chi connectivity index (χ3n) is 4.99. The smallest absolute Gasteiger partial charge is 0.302 e. The Morgan fingerprint density at radius 2 is 2.32 bits per heavy atom. The Morgan fingerprint density at radius 1 is 1.44 bits per heavy atom. The van der Waals surface area contributed by atoms with Crippen LogP contribution >= 0.6 is 0 Å². The fourth-order valence-electron chi connectivity index (χ4n) is 3.82. The summed E-state index contributed by atoms with van der Waals surface area (Å²) < 4.78 is 16.5. The molecule has 25 heavy (non-hydrogen) atoms. The highest BCUT2D eigenvalue weighted by Gasteiger charge is 2.38. The molecule has 2 aliphatic heterocycles. The van der Waals surface area contributed by atoms with Crippen LogP contribution in [0.5, 0.6) is 0 Å². The largest absolute Gasteiger partial charge is 0.466 e. The number of nitrogens with zero attached hydrogens (tertiary/aromatic N) is 1. The summed E-state index contributed by atoms with van der Waals surface area (Å²) in [4.78, 5) is 13.7. The van der Waals surface area contributed by atoms with Crippen LogP contribution in [-0.2, 0) is 19.0 Å². The van der Waals surface area contributed by atoms with Crippen molar-refractivity contribution in [3.05, 3.63) is 48.3 Å². The van der Waals surface area contributed by atoms with Crippen LogP contribution in [0, 0.1) is 5.41 Å². The van der Waals surface area contributed by atoms with E-state index in [1.807, 2.05) is 0 Å². The van der Waals surface area contributed by atoms with Crippen LogP contribution in [0.25, 0.3) is 0 Å². The van der Waals surface area contributed by atoms with E-state index in [-0.39, 0.29) is 17.4 Å². The normalized spacial score (nSPS) is 27.6. The zero-order valence-corrected chi connectivity index (χ0v) is 15.1. The number of carbonyl (C=O) groups excluding carboxylic acids is 1. The monoisotopic (exact) mass is 345 g/mol. The van der Waals surface area contributed by atoms with Crippen molar-refractivity contribution in [1.82, 2.24) is 4.90 Å². The van der Waals surface area contributed by atoms with Gasteiger partial charge in [-0.25, -0.2) is 0 Å². The molecular weight excluding hydrogens is 318 g/mol. The van der Waals surface area contributed by atoms with E-state index in [2.05, 4.69) is 30.1 Å². The number of rotatable bonds is 5. The second-order valence-corrected chi connectivity index (χ2v) is 7.32. The van der Waals surface area contributed by atoms with E-state index in [4.69, 9.17) is 14.2 Å². The minimum Gasteiger partial charge on any atom is -0.466 e. The third-order valence-corrected chi connectivity index (χ3v) is 4.99. The van der Waals surface area contributed by atoms with E-state index < -0.39 is 0 Å². The summed E-state index contributed by atoms with van der Waals surface area (Å²) in [5.41, 5.74) is 1.29.